The first kappa shape index (κ1) is 19.8. The molecule has 0 saturated carbocycles. The molecular formula is C23H17N3O2S2. The van der Waals surface area contributed by atoms with Gasteiger partial charge in [-0.3, -0.25) is 14.2 Å². The molecule has 7 heteroatoms. The highest BCUT2D eigenvalue weighted by Gasteiger charge is 2.22. The van der Waals surface area contributed by atoms with E-state index in [1.54, 1.807) is 12.2 Å². The predicted octanol–water partition coefficient (Wildman–Crippen LogP) is 3.33. The number of allylic oxidation sites excluding steroid dienone is 1. The summed E-state index contributed by atoms with van der Waals surface area (Å²) in [6.07, 6.45) is 3.38. The summed E-state index contributed by atoms with van der Waals surface area (Å²) < 4.78 is 2.27. The first-order valence-electron chi connectivity index (χ1n) is 9.17. The minimum atomic E-state index is -0.394. The molecule has 3 aromatic heterocycles. The fourth-order valence-corrected chi connectivity index (χ4v) is 5.22. The Labute approximate surface area is 180 Å². The van der Waals surface area contributed by atoms with E-state index in [0.717, 1.165) is 27.1 Å². The number of carbonyl (C=O) groups is 1. The summed E-state index contributed by atoms with van der Waals surface area (Å²) in [6, 6.07) is 13.3. The zero-order valence-electron chi connectivity index (χ0n) is 16.1. The van der Waals surface area contributed by atoms with Gasteiger partial charge in [0.1, 0.15) is 16.3 Å². The SMILES string of the molecule is C=CCn1c(=O)/c(=C\c2cccs2)s/c1=C(\C#N)C(=O)c1c(C)[nH]c2ccccc12. The Morgan fingerprint density at radius 1 is 1.30 bits per heavy atom. The van der Waals surface area contributed by atoms with Crippen LogP contribution in [0.3, 0.4) is 0 Å². The second kappa shape index (κ2) is 8.11. The highest BCUT2D eigenvalue weighted by Crippen LogP contribution is 2.24. The molecule has 0 aliphatic rings. The zero-order chi connectivity index (χ0) is 21.3. The molecule has 0 unspecified atom stereocenters. The van der Waals surface area contributed by atoms with Crippen LogP contribution in [0.2, 0.25) is 0 Å². The molecule has 0 saturated heterocycles. The van der Waals surface area contributed by atoms with Gasteiger partial charge >= 0.3 is 0 Å². The van der Waals surface area contributed by atoms with E-state index in [0.29, 0.717) is 20.5 Å². The first-order chi connectivity index (χ1) is 14.5. The molecule has 1 aromatic carbocycles. The summed E-state index contributed by atoms with van der Waals surface area (Å²) in [7, 11) is 0. The third-order valence-corrected chi connectivity index (χ3v) is 6.66. The largest absolute Gasteiger partial charge is 0.358 e. The van der Waals surface area contributed by atoms with Crippen LogP contribution in [0, 0.1) is 18.3 Å². The maximum absolute atomic E-state index is 13.4. The lowest BCUT2D eigenvalue weighted by atomic mass is 10.0. The fourth-order valence-electron chi connectivity index (χ4n) is 3.39. The summed E-state index contributed by atoms with van der Waals surface area (Å²) in [6.45, 7) is 5.74. The lowest BCUT2D eigenvalue weighted by Crippen LogP contribution is -2.32. The van der Waals surface area contributed by atoms with Crippen molar-refractivity contribution >= 4 is 51.0 Å². The van der Waals surface area contributed by atoms with E-state index < -0.39 is 5.78 Å². The molecular weight excluding hydrogens is 414 g/mol. The van der Waals surface area contributed by atoms with E-state index in [4.69, 9.17) is 0 Å². The van der Waals surface area contributed by atoms with E-state index in [9.17, 15) is 14.9 Å². The standard InChI is InChI=1S/C23H17N3O2S2/c1-3-10-26-22(28)19(12-15-7-6-11-29-15)30-23(26)17(13-24)21(27)20-14(2)25-18-9-5-4-8-16(18)20/h3-9,11-12,25H,1,10H2,2H3/b19-12+,23-17+. The van der Waals surface area contributed by atoms with Gasteiger partial charge in [0.05, 0.1) is 10.1 Å². The van der Waals surface area contributed by atoms with Gasteiger partial charge in [-0.25, -0.2) is 0 Å². The average molecular weight is 432 g/mol. The maximum atomic E-state index is 13.4. The molecule has 4 aromatic rings. The van der Waals surface area contributed by atoms with Gasteiger partial charge in [-0.2, -0.15) is 5.26 Å². The number of thiazole rings is 1. The normalized spacial score (nSPS) is 12.7. The number of hydrogen-bond acceptors (Lipinski definition) is 5. The molecule has 0 radical (unpaired) electrons. The molecule has 5 nitrogen and oxygen atoms in total. The number of fused-ring (bicyclic) bond motifs is 1. The number of carbonyl (C=O) groups excluding carboxylic acids is 1. The molecule has 1 N–H and O–H groups in total. The molecule has 0 fully saturated rings. The van der Waals surface area contributed by atoms with Crippen molar-refractivity contribution in [3.63, 3.8) is 0 Å². The highest BCUT2D eigenvalue weighted by atomic mass is 32.1. The van der Waals surface area contributed by atoms with Crippen molar-refractivity contribution < 1.29 is 4.79 Å². The van der Waals surface area contributed by atoms with Gasteiger partial charge in [0.25, 0.3) is 5.56 Å². The van der Waals surface area contributed by atoms with Crippen LogP contribution in [0.4, 0.5) is 0 Å². The third kappa shape index (κ3) is 3.36. The van der Waals surface area contributed by atoms with E-state index in [1.807, 2.05) is 48.7 Å². The van der Waals surface area contributed by atoms with Crippen LogP contribution in [-0.4, -0.2) is 15.3 Å². The predicted molar refractivity (Wildman–Crippen MR) is 122 cm³/mol. The Morgan fingerprint density at radius 3 is 2.80 bits per heavy atom. The number of aromatic nitrogens is 2. The minimum absolute atomic E-state index is 0.0439. The second-order valence-electron chi connectivity index (χ2n) is 6.62. The van der Waals surface area contributed by atoms with E-state index >= 15 is 0 Å². The quantitative estimate of drug-likeness (QED) is 0.389. The van der Waals surface area contributed by atoms with Crippen molar-refractivity contribution in [2.24, 2.45) is 0 Å². The topological polar surface area (TPSA) is 78.7 Å². The van der Waals surface area contributed by atoms with Crippen molar-refractivity contribution in [3.8, 4) is 6.07 Å². The van der Waals surface area contributed by atoms with Crippen molar-refractivity contribution in [3.05, 3.63) is 90.1 Å². The van der Waals surface area contributed by atoms with Gasteiger partial charge in [-0.05, 0) is 30.5 Å². The Balaban J connectivity index is 2.02. The zero-order valence-corrected chi connectivity index (χ0v) is 17.8. The number of hydrogen-bond donors (Lipinski definition) is 1. The number of aryl methyl sites for hydroxylation is 1. The van der Waals surface area contributed by atoms with Crippen LogP contribution in [0.15, 0.2) is 59.2 Å². The van der Waals surface area contributed by atoms with Gasteiger partial charge in [0.2, 0.25) is 5.78 Å². The summed E-state index contributed by atoms with van der Waals surface area (Å²) in [5.74, 6) is -0.394. The van der Waals surface area contributed by atoms with E-state index in [2.05, 4.69) is 17.6 Å². The van der Waals surface area contributed by atoms with Crippen LogP contribution in [0.1, 0.15) is 20.9 Å². The average Bonchev–Trinajstić information content (AvgIpc) is 3.43. The van der Waals surface area contributed by atoms with Crippen LogP contribution in [0.25, 0.3) is 22.6 Å². The Hall–Kier alpha value is -3.47. The summed E-state index contributed by atoms with van der Waals surface area (Å²) in [4.78, 5) is 30.5. The summed E-state index contributed by atoms with van der Waals surface area (Å²) in [5.41, 5.74) is 1.69. The maximum Gasteiger partial charge on any atom is 0.269 e. The van der Waals surface area contributed by atoms with Crippen LogP contribution >= 0.6 is 22.7 Å². The molecule has 0 amide bonds. The molecule has 148 valence electrons. The molecule has 30 heavy (non-hydrogen) atoms. The Bertz CT molecular complexity index is 1490. The Kier molecular flexibility index (Phi) is 5.36. The summed E-state index contributed by atoms with van der Waals surface area (Å²) >= 11 is 2.67. The van der Waals surface area contributed by atoms with Crippen molar-refractivity contribution in [2.75, 3.05) is 0 Å². The second-order valence-corrected chi connectivity index (χ2v) is 8.63. The van der Waals surface area contributed by atoms with Crippen molar-refractivity contribution in [1.82, 2.24) is 9.55 Å². The van der Waals surface area contributed by atoms with E-state index in [-0.39, 0.29) is 17.7 Å². The number of thiophene rings is 1. The molecule has 0 aliphatic carbocycles. The fraction of sp³-hybridized carbons (Fsp3) is 0.0870. The number of para-hydroxylation sites is 1. The number of aromatic amines is 1. The molecule has 0 bridgehead atoms. The van der Waals surface area contributed by atoms with E-state index in [1.165, 1.54) is 15.9 Å². The number of nitrogens with one attached hydrogen (secondary N) is 1. The van der Waals surface area contributed by atoms with Crippen LogP contribution in [-0.2, 0) is 6.54 Å². The molecule has 0 atom stereocenters. The third-order valence-electron chi connectivity index (χ3n) is 4.71. The number of benzene rings is 1. The highest BCUT2D eigenvalue weighted by molar-refractivity contribution is 7.11. The summed E-state index contributed by atoms with van der Waals surface area (Å²) in [5, 5.41) is 12.6. The number of rotatable bonds is 5. The van der Waals surface area contributed by atoms with Crippen LogP contribution in [0.5, 0.6) is 0 Å². The van der Waals surface area contributed by atoms with Gasteiger partial charge in [-0.15, -0.1) is 29.3 Å². The number of H-pyrrole nitrogens is 1. The monoisotopic (exact) mass is 431 g/mol. The number of nitrogens with zero attached hydrogens (tertiary/aromatic N) is 2. The van der Waals surface area contributed by atoms with Crippen molar-refractivity contribution in [2.45, 2.75) is 13.5 Å². The minimum Gasteiger partial charge on any atom is -0.358 e. The first-order valence-corrected chi connectivity index (χ1v) is 10.9. The Morgan fingerprint density at radius 2 is 2.10 bits per heavy atom. The van der Waals surface area contributed by atoms with Gasteiger partial charge in [0.15, 0.2) is 0 Å². The van der Waals surface area contributed by atoms with Gasteiger partial charge in [-0.1, -0.05) is 30.3 Å². The number of ketones is 1. The van der Waals surface area contributed by atoms with Crippen LogP contribution < -0.4 is 14.8 Å². The van der Waals surface area contributed by atoms with Gasteiger partial charge < -0.3 is 4.98 Å². The number of nitriles is 1. The van der Waals surface area contributed by atoms with Crippen molar-refractivity contribution in [1.29, 1.82) is 5.26 Å². The smallest absolute Gasteiger partial charge is 0.269 e. The molecule has 0 aliphatic heterocycles. The molecule has 4 rings (SSSR count). The lowest BCUT2D eigenvalue weighted by molar-refractivity contribution is 0.105. The molecule has 3 heterocycles. The number of Topliss-reactive ketones (excluding diaryl/α,β-unsaturated/α-hetero) is 1. The lowest BCUT2D eigenvalue weighted by Gasteiger charge is -2.02. The molecule has 0 spiro atoms. The van der Waals surface area contributed by atoms with Gasteiger partial charge in [0, 0.05) is 28.0 Å².